The molecule has 4 heteroatoms. The zero-order valence-corrected chi connectivity index (χ0v) is 9.24. The number of nitrogens with zero attached hydrogens (tertiary/aromatic N) is 1. The van der Waals surface area contributed by atoms with Crippen molar-refractivity contribution in [3.63, 3.8) is 0 Å². The van der Waals surface area contributed by atoms with Gasteiger partial charge in [-0.2, -0.15) is 0 Å². The Hall–Kier alpha value is -2.23. The van der Waals surface area contributed by atoms with Crippen LogP contribution in [0, 0.1) is 0 Å². The summed E-state index contributed by atoms with van der Waals surface area (Å²) in [7, 11) is 0. The predicted molar refractivity (Wildman–Crippen MR) is 64.6 cm³/mol. The van der Waals surface area contributed by atoms with Gasteiger partial charge < -0.3 is 14.7 Å². The van der Waals surface area contributed by atoms with Crippen LogP contribution in [0.15, 0.2) is 54.4 Å². The highest BCUT2D eigenvalue weighted by molar-refractivity contribution is 6.01. The van der Waals surface area contributed by atoms with E-state index in [-0.39, 0.29) is 5.75 Å². The van der Waals surface area contributed by atoms with E-state index < -0.39 is 6.29 Å². The molecule has 0 saturated carbocycles. The second-order valence-corrected chi connectivity index (χ2v) is 3.52. The minimum atomic E-state index is -0.394. The van der Waals surface area contributed by atoms with Gasteiger partial charge in [0.2, 0.25) is 0 Å². The molecule has 1 N–H and O–H groups in total. The third kappa shape index (κ3) is 2.87. The first-order valence-electron chi connectivity index (χ1n) is 5.24. The first-order valence-corrected chi connectivity index (χ1v) is 5.24. The number of benzene rings is 1. The summed E-state index contributed by atoms with van der Waals surface area (Å²) in [5.41, 5.74) is 1.73. The first kappa shape index (κ1) is 11.3. The fourth-order valence-corrected chi connectivity index (χ4v) is 1.44. The topological polar surface area (TPSA) is 51.0 Å². The quantitative estimate of drug-likeness (QED) is 0.640. The number of allylic oxidation sites excluding steroid dienone is 2. The molecule has 17 heavy (non-hydrogen) atoms. The zero-order chi connectivity index (χ0) is 12.1. The number of oxime groups is 1. The SMILES string of the molecule is C=C/C=C\OC1CC(c2ccc(O)cc2)=NO1. The van der Waals surface area contributed by atoms with E-state index in [1.807, 2.05) is 0 Å². The summed E-state index contributed by atoms with van der Waals surface area (Å²) < 4.78 is 5.28. The van der Waals surface area contributed by atoms with Gasteiger partial charge in [0.1, 0.15) is 5.75 Å². The molecule has 88 valence electrons. The van der Waals surface area contributed by atoms with E-state index in [4.69, 9.17) is 9.57 Å². The van der Waals surface area contributed by atoms with Gasteiger partial charge in [0.15, 0.2) is 0 Å². The van der Waals surface area contributed by atoms with Gasteiger partial charge in [-0.15, -0.1) is 0 Å². The predicted octanol–water partition coefficient (Wildman–Crippen LogP) is 2.56. The average Bonchev–Trinajstić information content (AvgIpc) is 2.79. The molecule has 2 rings (SSSR count). The third-order valence-electron chi connectivity index (χ3n) is 2.29. The lowest BCUT2D eigenvalue weighted by Gasteiger charge is -2.06. The maximum atomic E-state index is 9.18. The Labute approximate surface area is 99.5 Å². The van der Waals surface area contributed by atoms with Crippen molar-refractivity contribution in [3.05, 3.63) is 54.8 Å². The molecule has 1 aliphatic rings. The molecule has 4 nitrogen and oxygen atoms in total. The van der Waals surface area contributed by atoms with Gasteiger partial charge >= 0.3 is 0 Å². The first-order chi connectivity index (χ1) is 8.29. The maximum absolute atomic E-state index is 9.18. The second kappa shape index (κ2) is 5.21. The Morgan fingerprint density at radius 3 is 2.88 bits per heavy atom. The van der Waals surface area contributed by atoms with E-state index in [0.717, 1.165) is 11.3 Å². The third-order valence-corrected chi connectivity index (χ3v) is 2.29. The number of phenolic OH excluding ortho intramolecular Hbond substituents is 1. The molecule has 1 heterocycles. The summed E-state index contributed by atoms with van der Waals surface area (Å²) in [5, 5.41) is 13.1. The molecular weight excluding hydrogens is 218 g/mol. The van der Waals surface area contributed by atoms with Crippen LogP contribution < -0.4 is 0 Å². The Kier molecular flexibility index (Phi) is 3.45. The van der Waals surface area contributed by atoms with Crippen molar-refractivity contribution in [1.82, 2.24) is 0 Å². The molecule has 0 bridgehead atoms. The summed E-state index contributed by atoms with van der Waals surface area (Å²) in [4.78, 5) is 5.11. The van der Waals surface area contributed by atoms with Gasteiger partial charge in [-0.3, -0.25) is 0 Å². The van der Waals surface area contributed by atoms with E-state index in [1.165, 1.54) is 6.26 Å². The van der Waals surface area contributed by atoms with Gasteiger partial charge in [0.25, 0.3) is 6.29 Å². The lowest BCUT2D eigenvalue weighted by atomic mass is 10.1. The summed E-state index contributed by atoms with van der Waals surface area (Å²) >= 11 is 0. The van der Waals surface area contributed by atoms with Crippen molar-refractivity contribution >= 4 is 5.71 Å². The Morgan fingerprint density at radius 2 is 2.18 bits per heavy atom. The highest BCUT2D eigenvalue weighted by Crippen LogP contribution is 2.19. The Balaban J connectivity index is 1.95. The normalized spacial score (nSPS) is 18.8. The number of hydrogen-bond acceptors (Lipinski definition) is 4. The second-order valence-electron chi connectivity index (χ2n) is 3.52. The minimum Gasteiger partial charge on any atom is -0.508 e. The van der Waals surface area contributed by atoms with Crippen LogP contribution in [0.2, 0.25) is 0 Å². The number of phenols is 1. The Bertz CT molecular complexity index is 448. The van der Waals surface area contributed by atoms with Crippen molar-refractivity contribution in [1.29, 1.82) is 0 Å². The van der Waals surface area contributed by atoms with E-state index in [1.54, 1.807) is 36.4 Å². The molecule has 0 saturated heterocycles. The van der Waals surface area contributed by atoms with Crippen molar-refractivity contribution < 1.29 is 14.7 Å². The smallest absolute Gasteiger partial charge is 0.270 e. The molecule has 1 atom stereocenters. The summed E-state index contributed by atoms with van der Waals surface area (Å²) in [6.07, 6.45) is 5.01. The monoisotopic (exact) mass is 231 g/mol. The van der Waals surface area contributed by atoms with Crippen LogP contribution in [-0.4, -0.2) is 17.1 Å². The van der Waals surface area contributed by atoms with Crippen LogP contribution in [0.25, 0.3) is 0 Å². The number of ether oxygens (including phenoxy) is 1. The fourth-order valence-electron chi connectivity index (χ4n) is 1.44. The Morgan fingerprint density at radius 1 is 1.41 bits per heavy atom. The van der Waals surface area contributed by atoms with Crippen LogP contribution in [0.4, 0.5) is 0 Å². The number of hydrogen-bond donors (Lipinski definition) is 1. The lowest BCUT2D eigenvalue weighted by molar-refractivity contribution is -0.0845. The van der Waals surface area contributed by atoms with E-state index in [9.17, 15) is 5.11 Å². The van der Waals surface area contributed by atoms with Crippen molar-refractivity contribution in [2.45, 2.75) is 12.7 Å². The largest absolute Gasteiger partial charge is 0.508 e. The van der Waals surface area contributed by atoms with Gasteiger partial charge in [-0.05, 0) is 35.9 Å². The molecule has 0 aromatic heterocycles. The molecule has 1 aliphatic heterocycles. The molecule has 1 aromatic rings. The van der Waals surface area contributed by atoms with Crippen LogP contribution in [0.5, 0.6) is 5.75 Å². The summed E-state index contributed by atoms with van der Waals surface area (Å²) in [6, 6.07) is 6.81. The van der Waals surface area contributed by atoms with E-state index in [0.29, 0.717) is 6.42 Å². The minimum absolute atomic E-state index is 0.231. The molecule has 1 aromatic carbocycles. The molecule has 0 radical (unpaired) electrons. The van der Waals surface area contributed by atoms with Gasteiger partial charge in [-0.25, -0.2) is 0 Å². The van der Waals surface area contributed by atoms with Gasteiger partial charge in [-0.1, -0.05) is 17.8 Å². The highest BCUT2D eigenvalue weighted by atomic mass is 16.8. The van der Waals surface area contributed by atoms with Crippen LogP contribution in [0.3, 0.4) is 0 Å². The number of rotatable bonds is 4. The standard InChI is InChI=1S/C13H13NO3/c1-2-3-8-16-13-9-12(14-17-13)10-4-6-11(15)7-5-10/h2-8,13,15H,1,9H2/b8-3-. The average molecular weight is 231 g/mol. The van der Waals surface area contributed by atoms with Crippen LogP contribution in [0.1, 0.15) is 12.0 Å². The molecule has 0 amide bonds. The van der Waals surface area contributed by atoms with Gasteiger partial charge in [0.05, 0.1) is 18.4 Å². The molecule has 0 spiro atoms. The number of aromatic hydroxyl groups is 1. The van der Waals surface area contributed by atoms with Crippen molar-refractivity contribution in [2.75, 3.05) is 0 Å². The molecule has 0 aliphatic carbocycles. The fraction of sp³-hybridized carbons (Fsp3) is 0.154. The van der Waals surface area contributed by atoms with E-state index in [2.05, 4.69) is 11.7 Å². The van der Waals surface area contributed by atoms with Gasteiger partial charge in [0, 0.05) is 0 Å². The molecule has 1 unspecified atom stereocenters. The lowest BCUT2D eigenvalue weighted by Crippen LogP contribution is -2.09. The summed E-state index contributed by atoms with van der Waals surface area (Å²) in [5.74, 6) is 0.231. The van der Waals surface area contributed by atoms with E-state index >= 15 is 0 Å². The van der Waals surface area contributed by atoms with Crippen molar-refractivity contribution in [2.24, 2.45) is 5.16 Å². The van der Waals surface area contributed by atoms with Crippen LogP contribution in [-0.2, 0) is 9.57 Å². The highest BCUT2D eigenvalue weighted by Gasteiger charge is 2.22. The maximum Gasteiger partial charge on any atom is 0.270 e. The van der Waals surface area contributed by atoms with Crippen molar-refractivity contribution in [3.8, 4) is 5.75 Å². The molecular formula is C13H13NO3. The zero-order valence-electron chi connectivity index (χ0n) is 9.24. The van der Waals surface area contributed by atoms with Crippen LogP contribution >= 0.6 is 0 Å². The summed E-state index contributed by atoms with van der Waals surface area (Å²) in [6.45, 7) is 3.54. The molecule has 0 fully saturated rings.